The van der Waals surface area contributed by atoms with Gasteiger partial charge in [-0.25, -0.2) is 4.79 Å². The third kappa shape index (κ3) is 3.55. The van der Waals surface area contributed by atoms with E-state index in [0.717, 1.165) is 67.1 Å². The van der Waals surface area contributed by atoms with Gasteiger partial charge in [-0.3, -0.25) is 15.1 Å². The quantitative estimate of drug-likeness (QED) is 0.895. The molecule has 0 radical (unpaired) electrons. The first kappa shape index (κ1) is 17.5. The first-order valence-electron chi connectivity index (χ1n) is 9.13. The summed E-state index contributed by atoms with van der Waals surface area (Å²) in [5, 5.41) is 14.9. The maximum Gasteiger partial charge on any atom is 0.323 e. The van der Waals surface area contributed by atoms with Gasteiger partial charge in [-0.1, -0.05) is 19.8 Å². The Labute approximate surface area is 148 Å². The second-order valence-electron chi connectivity index (χ2n) is 6.83. The van der Waals surface area contributed by atoms with Crippen molar-refractivity contribution in [3.8, 4) is 0 Å². The molecule has 7 nitrogen and oxygen atoms in total. The summed E-state index contributed by atoms with van der Waals surface area (Å²) in [5.41, 5.74) is 4.18. The van der Waals surface area contributed by atoms with Gasteiger partial charge in [0.25, 0.3) is 0 Å². The number of aromatic amines is 1. The number of aryl methyl sites for hydroxylation is 4. The van der Waals surface area contributed by atoms with Gasteiger partial charge in [0.15, 0.2) is 0 Å². The molecule has 1 fully saturated rings. The smallest absolute Gasteiger partial charge is 0.317 e. The SMILES string of the molecule is CCc1cc(NC(=O)N2CCCCC[C@H]2c2c(C)n[nH]c2C)n(C)n1. The molecule has 25 heavy (non-hydrogen) atoms. The monoisotopic (exact) mass is 344 g/mol. The van der Waals surface area contributed by atoms with Gasteiger partial charge in [0.1, 0.15) is 5.82 Å². The topological polar surface area (TPSA) is 78.8 Å². The summed E-state index contributed by atoms with van der Waals surface area (Å²) in [4.78, 5) is 15.0. The van der Waals surface area contributed by atoms with Crippen molar-refractivity contribution < 1.29 is 4.79 Å². The van der Waals surface area contributed by atoms with Gasteiger partial charge < -0.3 is 4.90 Å². The van der Waals surface area contributed by atoms with Gasteiger partial charge in [0, 0.05) is 30.9 Å². The number of urea groups is 1. The first-order chi connectivity index (χ1) is 12.0. The zero-order chi connectivity index (χ0) is 18.0. The fourth-order valence-corrected chi connectivity index (χ4v) is 3.70. The molecule has 2 aromatic rings. The first-order valence-corrected chi connectivity index (χ1v) is 9.13. The molecule has 1 aliphatic heterocycles. The Bertz CT molecular complexity index is 727. The highest BCUT2D eigenvalue weighted by Crippen LogP contribution is 2.33. The number of aromatic nitrogens is 4. The van der Waals surface area contributed by atoms with E-state index in [1.54, 1.807) is 4.68 Å². The van der Waals surface area contributed by atoms with Crippen molar-refractivity contribution in [3.63, 3.8) is 0 Å². The summed E-state index contributed by atoms with van der Waals surface area (Å²) in [5.74, 6) is 0.741. The molecule has 0 aliphatic carbocycles. The minimum atomic E-state index is -0.0578. The molecule has 0 bridgehead atoms. The van der Waals surface area contributed by atoms with Crippen LogP contribution in [-0.2, 0) is 13.5 Å². The molecule has 2 N–H and O–H groups in total. The molecular formula is C18H28N6O. The minimum Gasteiger partial charge on any atom is -0.317 e. The van der Waals surface area contributed by atoms with Gasteiger partial charge in [0.2, 0.25) is 0 Å². The highest BCUT2D eigenvalue weighted by molar-refractivity contribution is 5.89. The number of amides is 2. The van der Waals surface area contributed by atoms with Gasteiger partial charge in [-0.2, -0.15) is 10.2 Å². The summed E-state index contributed by atoms with van der Waals surface area (Å²) in [6.07, 6.45) is 5.14. The van der Waals surface area contributed by atoms with Gasteiger partial charge in [0.05, 0.1) is 17.4 Å². The molecule has 0 aromatic carbocycles. The van der Waals surface area contributed by atoms with Crippen molar-refractivity contribution in [1.82, 2.24) is 24.9 Å². The molecule has 1 saturated heterocycles. The van der Waals surface area contributed by atoms with E-state index in [4.69, 9.17) is 0 Å². The zero-order valence-corrected chi connectivity index (χ0v) is 15.6. The van der Waals surface area contributed by atoms with Gasteiger partial charge >= 0.3 is 6.03 Å². The highest BCUT2D eigenvalue weighted by Gasteiger charge is 2.30. The zero-order valence-electron chi connectivity index (χ0n) is 15.6. The third-order valence-corrected chi connectivity index (χ3v) is 5.06. The Morgan fingerprint density at radius 2 is 2.16 bits per heavy atom. The number of carbonyl (C=O) groups is 1. The maximum atomic E-state index is 13.0. The van der Waals surface area contributed by atoms with Crippen molar-refractivity contribution in [2.45, 2.75) is 58.9 Å². The predicted octanol–water partition coefficient (Wildman–Crippen LogP) is 3.47. The van der Waals surface area contributed by atoms with Gasteiger partial charge in [-0.15, -0.1) is 0 Å². The van der Waals surface area contributed by atoms with E-state index in [2.05, 4.69) is 27.5 Å². The largest absolute Gasteiger partial charge is 0.323 e. The number of anilines is 1. The normalized spacial score (nSPS) is 18.2. The van der Waals surface area contributed by atoms with E-state index in [-0.39, 0.29) is 12.1 Å². The van der Waals surface area contributed by atoms with Crippen LogP contribution in [0.1, 0.15) is 61.3 Å². The fourth-order valence-electron chi connectivity index (χ4n) is 3.70. The van der Waals surface area contributed by atoms with Crippen LogP contribution in [0, 0.1) is 13.8 Å². The highest BCUT2D eigenvalue weighted by atomic mass is 16.2. The molecule has 0 unspecified atom stereocenters. The molecule has 2 amide bonds. The van der Waals surface area contributed by atoms with Crippen molar-refractivity contribution >= 4 is 11.8 Å². The average molecular weight is 344 g/mol. The molecule has 0 saturated carbocycles. The van der Waals surface area contributed by atoms with Crippen LogP contribution in [0.15, 0.2) is 6.07 Å². The van der Waals surface area contributed by atoms with Crippen molar-refractivity contribution in [2.24, 2.45) is 7.05 Å². The molecule has 3 heterocycles. The van der Waals surface area contributed by atoms with E-state index in [0.29, 0.717) is 0 Å². The van der Waals surface area contributed by atoms with E-state index in [1.807, 2.05) is 31.9 Å². The molecule has 136 valence electrons. The predicted molar refractivity (Wildman–Crippen MR) is 97.6 cm³/mol. The number of nitrogens with zero attached hydrogens (tertiary/aromatic N) is 4. The fraction of sp³-hybridized carbons (Fsp3) is 0.611. The number of hydrogen-bond donors (Lipinski definition) is 2. The van der Waals surface area contributed by atoms with Crippen LogP contribution in [0.5, 0.6) is 0 Å². The van der Waals surface area contributed by atoms with Crippen molar-refractivity contribution in [3.05, 3.63) is 28.7 Å². The number of hydrogen-bond acceptors (Lipinski definition) is 3. The van der Waals surface area contributed by atoms with Crippen LogP contribution in [0.25, 0.3) is 0 Å². The Balaban J connectivity index is 1.85. The Morgan fingerprint density at radius 1 is 1.36 bits per heavy atom. The second-order valence-corrected chi connectivity index (χ2v) is 6.83. The van der Waals surface area contributed by atoms with E-state index < -0.39 is 0 Å². The summed E-state index contributed by atoms with van der Waals surface area (Å²) in [6.45, 7) is 6.86. The summed E-state index contributed by atoms with van der Waals surface area (Å²) < 4.78 is 1.73. The molecule has 2 aromatic heterocycles. The Morgan fingerprint density at radius 3 is 2.80 bits per heavy atom. The van der Waals surface area contributed by atoms with Crippen LogP contribution in [0.3, 0.4) is 0 Å². The molecule has 1 atom stereocenters. The second kappa shape index (κ2) is 7.29. The van der Waals surface area contributed by atoms with Crippen LogP contribution in [0.2, 0.25) is 0 Å². The summed E-state index contributed by atoms with van der Waals surface area (Å²) in [6, 6.07) is 1.96. The molecule has 0 spiro atoms. The minimum absolute atomic E-state index is 0.0578. The van der Waals surface area contributed by atoms with E-state index in [1.165, 1.54) is 0 Å². The molecular weight excluding hydrogens is 316 g/mol. The van der Waals surface area contributed by atoms with Crippen LogP contribution in [0.4, 0.5) is 10.6 Å². The van der Waals surface area contributed by atoms with Crippen LogP contribution < -0.4 is 5.32 Å². The Hall–Kier alpha value is -2.31. The molecule has 7 heteroatoms. The maximum absolute atomic E-state index is 13.0. The summed E-state index contributed by atoms with van der Waals surface area (Å²) in [7, 11) is 1.86. The third-order valence-electron chi connectivity index (χ3n) is 5.06. The van der Waals surface area contributed by atoms with Gasteiger partial charge in [-0.05, 0) is 33.1 Å². The lowest BCUT2D eigenvalue weighted by atomic mass is 9.99. The lowest BCUT2D eigenvalue weighted by Gasteiger charge is -2.30. The number of nitrogens with one attached hydrogen (secondary N) is 2. The van der Waals surface area contributed by atoms with Crippen LogP contribution in [-0.4, -0.2) is 37.5 Å². The van der Waals surface area contributed by atoms with Crippen molar-refractivity contribution in [1.29, 1.82) is 0 Å². The standard InChI is InChI=1S/C18H28N6O/c1-5-14-11-16(23(4)22-14)19-18(25)24-10-8-6-7-9-15(24)17-12(2)20-21-13(17)3/h11,15H,5-10H2,1-4H3,(H,19,25)(H,20,21)/t15-/m0/s1. The van der Waals surface area contributed by atoms with Crippen molar-refractivity contribution in [2.75, 3.05) is 11.9 Å². The summed E-state index contributed by atoms with van der Waals surface area (Å²) >= 11 is 0. The lowest BCUT2D eigenvalue weighted by molar-refractivity contribution is 0.189. The molecule has 3 rings (SSSR count). The van der Waals surface area contributed by atoms with E-state index >= 15 is 0 Å². The molecule has 1 aliphatic rings. The number of H-pyrrole nitrogens is 1. The van der Waals surface area contributed by atoms with E-state index in [9.17, 15) is 4.79 Å². The number of carbonyl (C=O) groups excluding carboxylic acids is 1. The van der Waals surface area contributed by atoms with Crippen LogP contribution >= 0.6 is 0 Å². The Kier molecular flexibility index (Phi) is 5.11. The average Bonchev–Trinajstić information content (AvgIpc) is 3.00. The lowest BCUT2D eigenvalue weighted by Crippen LogP contribution is -2.38. The number of rotatable bonds is 3. The number of likely N-dealkylation sites (tertiary alicyclic amines) is 1.